The van der Waals surface area contributed by atoms with Gasteiger partial charge in [-0.3, -0.25) is 14.8 Å². The number of rotatable bonds is 5. The van der Waals surface area contributed by atoms with Crippen LogP contribution in [0.3, 0.4) is 0 Å². The van der Waals surface area contributed by atoms with Crippen LogP contribution in [0.2, 0.25) is 0 Å². The average molecular weight is 324 g/mol. The van der Waals surface area contributed by atoms with Crippen LogP contribution in [0.25, 0.3) is 0 Å². The molecule has 0 radical (unpaired) electrons. The van der Waals surface area contributed by atoms with Crippen molar-refractivity contribution < 1.29 is 4.79 Å². The topological polar surface area (TPSA) is 58.1 Å². The average Bonchev–Trinajstić information content (AvgIpc) is 2.62. The molecule has 2 aromatic rings. The number of carbonyl (C=O) groups is 1. The number of aromatic nitrogens is 2. The quantitative estimate of drug-likeness (QED) is 0.916. The van der Waals surface area contributed by atoms with Gasteiger partial charge in [0.05, 0.1) is 5.56 Å². The van der Waals surface area contributed by atoms with E-state index in [-0.39, 0.29) is 11.9 Å². The van der Waals surface area contributed by atoms with Crippen LogP contribution < -0.4 is 5.32 Å². The van der Waals surface area contributed by atoms with Crippen molar-refractivity contribution >= 4 is 5.91 Å². The molecule has 0 atom stereocenters. The molecule has 3 rings (SSSR count). The van der Waals surface area contributed by atoms with E-state index in [1.807, 2.05) is 31.5 Å². The summed E-state index contributed by atoms with van der Waals surface area (Å²) in [5, 5.41) is 3.14. The van der Waals surface area contributed by atoms with Gasteiger partial charge in [0.1, 0.15) is 0 Å². The van der Waals surface area contributed by atoms with Crippen molar-refractivity contribution in [1.29, 1.82) is 0 Å². The molecule has 0 unspecified atom stereocenters. The maximum atomic E-state index is 12.2. The lowest BCUT2D eigenvalue weighted by atomic mass is 10.0. The van der Waals surface area contributed by atoms with Gasteiger partial charge in [-0.1, -0.05) is 0 Å². The van der Waals surface area contributed by atoms with Crippen LogP contribution in [-0.4, -0.2) is 46.5 Å². The van der Waals surface area contributed by atoms with Crippen LogP contribution in [0.4, 0.5) is 0 Å². The standard InChI is InChI=1S/C19H24N4O/c1-15-2-3-17(14-21-15)19(24)22-18-7-12-23(13-8-18)11-6-16-4-9-20-10-5-16/h2-5,9-10,14,18H,6-8,11-13H2,1H3,(H,22,24). The van der Waals surface area contributed by atoms with Gasteiger partial charge >= 0.3 is 0 Å². The Hall–Kier alpha value is -2.27. The molecular formula is C19H24N4O. The lowest BCUT2D eigenvalue weighted by molar-refractivity contribution is 0.0911. The third-order valence-electron chi connectivity index (χ3n) is 4.56. The highest BCUT2D eigenvalue weighted by molar-refractivity contribution is 5.94. The lowest BCUT2D eigenvalue weighted by Crippen LogP contribution is -2.45. The van der Waals surface area contributed by atoms with Crippen LogP contribution in [0, 0.1) is 6.92 Å². The Morgan fingerprint density at radius 1 is 1.21 bits per heavy atom. The summed E-state index contributed by atoms with van der Waals surface area (Å²) < 4.78 is 0. The molecule has 24 heavy (non-hydrogen) atoms. The Bertz CT molecular complexity index is 649. The molecule has 1 saturated heterocycles. The molecule has 0 saturated carbocycles. The Morgan fingerprint density at radius 3 is 2.62 bits per heavy atom. The van der Waals surface area contributed by atoms with E-state index < -0.39 is 0 Å². The van der Waals surface area contributed by atoms with E-state index in [0.29, 0.717) is 5.56 Å². The first kappa shape index (κ1) is 16.6. The molecule has 1 N–H and O–H groups in total. The Labute approximate surface area is 143 Å². The van der Waals surface area contributed by atoms with Gasteiger partial charge in [0.25, 0.3) is 5.91 Å². The number of amides is 1. The van der Waals surface area contributed by atoms with Gasteiger partial charge in [-0.25, -0.2) is 0 Å². The number of piperidine rings is 1. The molecule has 1 aliphatic heterocycles. The molecule has 5 heteroatoms. The van der Waals surface area contributed by atoms with Crippen molar-refractivity contribution in [1.82, 2.24) is 20.2 Å². The first-order valence-electron chi connectivity index (χ1n) is 8.55. The predicted molar refractivity (Wildman–Crippen MR) is 93.8 cm³/mol. The van der Waals surface area contributed by atoms with E-state index in [1.54, 1.807) is 6.20 Å². The zero-order valence-electron chi connectivity index (χ0n) is 14.1. The molecule has 1 aliphatic rings. The lowest BCUT2D eigenvalue weighted by Gasteiger charge is -2.32. The highest BCUT2D eigenvalue weighted by atomic mass is 16.1. The minimum atomic E-state index is -0.0160. The van der Waals surface area contributed by atoms with Crippen molar-refractivity contribution in [2.45, 2.75) is 32.2 Å². The van der Waals surface area contributed by atoms with Crippen molar-refractivity contribution in [3.8, 4) is 0 Å². The number of hydrogen-bond donors (Lipinski definition) is 1. The molecule has 0 spiro atoms. The Kier molecular flexibility index (Phi) is 5.54. The molecule has 1 amide bonds. The van der Waals surface area contributed by atoms with Crippen molar-refractivity contribution in [3.05, 3.63) is 59.7 Å². The summed E-state index contributed by atoms with van der Waals surface area (Å²) in [7, 11) is 0. The number of likely N-dealkylation sites (tertiary alicyclic amines) is 1. The summed E-state index contributed by atoms with van der Waals surface area (Å²) in [6.45, 7) is 5.04. The normalized spacial score (nSPS) is 16.0. The molecule has 2 aromatic heterocycles. The maximum Gasteiger partial charge on any atom is 0.253 e. The number of aryl methyl sites for hydroxylation is 1. The summed E-state index contributed by atoms with van der Waals surface area (Å²) in [6.07, 6.45) is 8.39. The van der Waals surface area contributed by atoms with Gasteiger partial charge in [-0.15, -0.1) is 0 Å². The fourth-order valence-corrected chi connectivity index (χ4v) is 3.01. The third kappa shape index (κ3) is 4.61. The molecule has 5 nitrogen and oxygen atoms in total. The number of nitrogens with zero attached hydrogens (tertiary/aromatic N) is 3. The Morgan fingerprint density at radius 2 is 1.96 bits per heavy atom. The van der Waals surface area contributed by atoms with Gasteiger partial charge in [0, 0.05) is 50.0 Å². The van der Waals surface area contributed by atoms with E-state index >= 15 is 0 Å². The highest BCUT2D eigenvalue weighted by Crippen LogP contribution is 2.12. The van der Waals surface area contributed by atoms with Gasteiger partial charge in [0.15, 0.2) is 0 Å². The first-order valence-corrected chi connectivity index (χ1v) is 8.55. The minimum Gasteiger partial charge on any atom is -0.349 e. The number of hydrogen-bond acceptors (Lipinski definition) is 4. The summed E-state index contributed by atoms with van der Waals surface area (Å²) in [4.78, 5) is 22.9. The first-order chi connectivity index (χ1) is 11.7. The number of pyridine rings is 2. The van der Waals surface area contributed by atoms with Gasteiger partial charge in [0.2, 0.25) is 0 Å². The monoisotopic (exact) mass is 324 g/mol. The third-order valence-corrected chi connectivity index (χ3v) is 4.56. The fourth-order valence-electron chi connectivity index (χ4n) is 3.01. The molecule has 3 heterocycles. The summed E-state index contributed by atoms with van der Waals surface area (Å²) in [5.41, 5.74) is 2.89. The highest BCUT2D eigenvalue weighted by Gasteiger charge is 2.21. The van der Waals surface area contributed by atoms with Crippen LogP contribution in [0.15, 0.2) is 42.9 Å². The van der Waals surface area contributed by atoms with Gasteiger partial charge in [-0.2, -0.15) is 0 Å². The van der Waals surface area contributed by atoms with Crippen LogP contribution in [0.1, 0.15) is 34.5 Å². The van der Waals surface area contributed by atoms with Crippen LogP contribution >= 0.6 is 0 Å². The fraction of sp³-hybridized carbons (Fsp3) is 0.421. The summed E-state index contributed by atoms with van der Waals surface area (Å²) in [5.74, 6) is -0.0160. The van der Waals surface area contributed by atoms with Crippen LogP contribution in [-0.2, 0) is 6.42 Å². The Balaban J connectivity index is 1.42. The minimum absolute atomic E-state index is 0.0160. The maximum absolute atomic E-state index is 12.2. The second kappa shape index (κ2) is 8.02. The van der Waals surface area contributed by atoms with Crippen molar-refractivity contribution in [2.75, 3.05) is 19.6 Å². The van der Waals surface area contributed by atoms with E-state index in [2.05, 4.69) is 32.3 Å². The van der Waals surface area contributed by atoms with Crippen molar-refractivity contribution in [3.63, 3.8) is 0 Å². The molecule has 126 valence electrons. The SMILES string of the molecule is Cc1ccc(C(=O)NC2CCN(CCc3ccncc3)CC2)cn1. The van der Waals surface area contributed by atoms with E-state index in [0.717, 1.165) is 44.6 Å². The largest absolute Gasteiger partial charge is 0.349 e. The second-order valence-corrected chi connectivity index (χ2v) is 6.38. The zero-order valence-corrected chi connectivity index (χ0v) is 14.1. The molecule has 1 fully saturated rings. The predicted octanol–water partition coefficient (Wildman–Crippen LogP) is 2.22. The molecular weight excluding hydrogens is 300 g/mol. The summed E-state index contributed by atoms with van der Waals surface area (Å²) >= 11 is 0. The zero-order chi connectivity index (χ0) is 16.8. The summed E-state index contributed by atoms with van der Waals surface area (Å²) in [6, 6.07) is 8.11. The number of nitrogens with one attached hydrogen (secondary N) is 1. The van der Waals surface area contributed by atoms with Gasteiger partial charge in [-0.05, 0) is 56.0 Å². The molecule has 0 bridgehead atoms. The van der Waals surface area contributed by atoms with E-state index in [1.165, 1.54) is 5.56 Å². The second-order valence-electron chi connectivity index (χ2n) is 6.38. The molecule has 0 aliphatic carbocycles. The smallest absolute Gasteiger partial charge is 0.253 e. The number of carbonyl (C=O) groups excluding carboxylic acids is 1. The van der Waals surface area contributed by atoms with Gasteiger partial charge < -0.3 is 10.2 Å². The van der Waals surface area contributed by atoms with E-state index in [9.17, 15) is 4.79 Å². The molecule has 0 aromatic carbocycles. The van der Waals surface area contributed by atoms with E-state index in [4.69, 9.17) is 0 Å². The van der Waals surface area contributed by atoms with Crippen LogP contribution in [0.5, 0.6) is 0 Å². The van der Waals surface area contributed by atoms with Crippen molar-refractivity contribution in [2.24, 2.45) is 0 Å².